The highest BCUT2D eigenvalue weighted by molar-refractivity contribution is 6.30. The van der Waals surface area contributed by atoms with E-state index in [2.05, 4.69) is 0 Å². The van der Waals surface area contributed by atoms with Crippen LogP contribution in [0.5, 0.6) is 5.75 Å². The fourth-order valence-corrected chi connectivity index (χ4v) is 2.27. The standard InChI is InChI=1S/C18H20ClNO3/c1-20(10-11-23-17-5-3-4-16(19)12-17)18(21)15-8-6-14(7-9-15)13-22-2/h3-9,12H,10-11,13H2,1-2H3. The molecule has 23 heavy (non-hydrogen) atoms. The Labute approximate surface area is 141 Å². The van der Waals surface area contributed by atoms with Gasteiger partial charge in [-0.15, -0.1) is 0 Å². The minimum Gasteiger partial charge on any atom is -0.492 e. The van der Waals surface area contributed by atoms with E-state index in [4.69, 9.17) is 21.1 Å². The van der Waals surface area contributed by atoms with Crippen LogP contribution in [0.2, 0.25) is 5.02 Å². The molecule has 0 aliphatic rings. The Bertz CT molecular complexity index is 643. The Morgan fingerprint density at radius 1 is 1.17 bits per heavy atom. The van der Waals surface area contributed by atoms with Crippen molar-refractivity contribution in [3.05, 3.63) is 64.7 Å². The number of hydrogen-bond acceptors (Lipinski definition) is 3. The third-order valence-electron chi connectivity index (χ3n) is 3.35. The summed E-state index contributed by atoms with van der Waals surface area (Å²) in [6.07, 6.45) is 0. The summed E-state index contributed by atoms with van der Waals surface area (Å²) in [5.41, 5.74) is 1.69. The van der Waals surface area contributed by atoms with Gasteiger partial charge < -0.3 is 14.4 Å². The maximum atomic E-state index is 12.3. The topological polar surface area (TPSA) is 38.8 Å². The second-order valence-electron chi connectivity index (χ2n) is 5.16. The fraction of sp³-hybridized carbons (Fsp3) is 0.278. The van der Waals surface area contributed by atoms with Gasteiger partial charge in [0, 0.05) is 24.7 Å². The van der Waals surface area contributed by atoms with Gasteiger partial charge in [-0.1, -0.05) is 29.8 Å². The third kappa shape index (κ3) is 5.27. The molecule has 0 radical (unpaired) electrons. The van der Waals surface area contributed by atoms with E-state index in [0.29, 0.717) is 36.1 Å². The Morgan fingerprint density at radius 2 is 1.91 bits per heavy atom. The summed E-state index contributed by atoms with van der Waals surface area (Å²) in [6.45, 7) is 1.44. The molecule has 0 saturated heterocycles. The van der Waals surface area contributed by atoms with Crippen LogP contribution in [0, 0.1) is 0 Å². The summed E-state index contributed by atoms with van der Waals surface area (Å²) in [5, 5.41) is 0.628. The van der Waals surface area contributed by atoms with Gasteiger partial charge >= 0.3 is 0 Å². The predicted molar refractivity (Wildman–Crippen MR) is 91.1 cm³/mol. The summed E-state index contributed by atoms with van der Waals surface area (Å²) >= 11 is 5.90. The maximum absolute atomic E-state index is 12.3. The number of hydrogen-bond donors (Lipinski definition) is 0. The Hall–Kier alpha value is -2.04. The smallest absolute Gasteiger partial charge is 0.253 e. The third-order valence-corrected chi connectivity index (χ3v) is 3.59. The summed E-state index contributed by atoms with van der Waals surface area (Å²) in [4.78, 5) is 14.0. The van der Waals surface area contributed by atoms with Crippen molar-refractivity contribution in [2.75, 3.05) is 27.3 Å². The van der Waals surface area contributed by atoms with Gasteiger partial charge in [-0.3, -0.25) is 4.79 Å². The van der Waals surface area contributed by atoms with E-state index in [-0.39, 0.29) is 5.91 Å². The first kappa shape index (κ1) is 17.3. The Balaban J connectivity index is 1.84. The highest BCUT2D eigenvalue weighted by atomic mass is 35.5. The molecule has 0 unspecified atom stereocenters. The van der Waals surface area contributed by atoms with Crippen LogP contribution in [0.4, 0.5) is 0 Å². The molecule has 0 N–H and O–H groups in total. The average molecular weight is 334 g/mol. The lowest BCUT2D eigenvalue weighted by atomic mass is 10.1. The number of ether oxygens (including phenoxy) is 2. The molecule has 1 amide bonds. The lowest BCUT2D eigenvalue weighted by Crippen LogP contribution is -2.30. The molecule has 0 heterocycles. The zero-order chi connectivity index (χ0) is 16.7. The Kier molecular flexibility index (Phi) is 6.44. The van der Waals surface area contributed by atoms with Crippen molar-refractivity contribution in [1.29, 1.82) is 0 Å². The summed E-state index contributed by atoms with van der Waals surface area (Å²) in [6, 6.07) is 14.6. The van der Waals surface area contributed by atoms with Crippen molar-refractivity contribution < 1.29 is 14.3 Å². The van der Waals surface area contributed by atoms with Crippen LogP contribution in [0.15, 0.2) is 48.5 Å². The summed E-state index contributed by atoms with van der Waals surface area (Å²) in [7, 11) is 3.40. The van der Waals surface area contributed by atoms with E-state index < -0.39 is 0 Å². The first-order valence-corrected chi connectivity index (χ1v) is 7.69. The van der Waals surface area contributed by atoms with Gasteiger partial charge in [0.15, 0.2) is 0 Å². The highest BCUT2D eigenvalue weighted by Crippen LogP contribution is 2.17. The van der Waals surface area contributed by atoms with Crippen molar-refractivity contribution in [3.8, 4) is 5.75 Å². The van der Waals surface area contributed by atoms with Crippen molar-refractivity contribution in [3.63, 3.8) is 0 Å². The van der Waals surface area contributed by atoms with Crippen molar-refractivity contribution >= 4 is 17.5 Å². The van der Waals surface area contributed by atoms with Gasteiger partial charge in [0.05, 0.1) is 13.2 Å². The molecule has 0 aromatic heterocycles. The molecule has 5 heteroatoms. The van der Waals surface area contributed by atoms with Crippen molar-refractivity contribution in [1.82, 2.24) is 4.90 Å². The average Bonchev–Trinajstić information content (AvgIpc) is 2.55. The molecule has 2 aromatic rings. The monoisotopic (exact) mass is 333 g/mol. The van der Waals surface area contributed by atoms with Crippen LogP contribution in [-0.4, -0.2) is 38.1 Å². The quantitative estimate of drug-likeness (QED) is 0.776. The largest absolute Gasteiger partial charge is 0.492 e. The molecular weight excluding hydrogens is 314 g/mol. The molecule has 0 bridgehead atoms. The fourth-order valence-electron chi connectivity index (χ4n) is 2.09. The van der Waals surface area contributed by atoms with Crippen LogP contribution < -0.4 is 4.74 Å². The van der Waals surface area contributed by atoms with E-state index >= 15 is 0 Å². The van der Waals surface area contributed by atoms with Crippen LogP contribution >= 0.6 is 11.6 Å². The lowest BCUT2D eigenvalue weighted by Gasteiger charge is -2.18. The van der Waals surface area contributed by atoms with Crippen LogP contribution in [0.1, 0.15) is 15.9 Å². The van der Waals surface area contributed by atoms with Gasteiger partial charge in [-0.25, -0.2) is 0 Å². The number of rotatable bonds is 7. The molecule has 0 aliphatic carbocycles. The molecule has 4 nitrogen and oxygen atoms in total. The first-order valence-electron chi connectivity index (χ1n) is 7.32. The molecular formula is C18H20ClNO3. The van der Waals surface area contributed by atoms with E-state index in [1.165, 1.54) is 0 Å². The van der Waals surface area contributed by atoms with E-state index in [0.717, 1.165) is 5.56 Å². The van der Waals surface area contributed by atoms with Gasteiger partial charge in [0.1, 0.15) is 12.4 Å². The number of nitrogens with zero attached hydrogens (tertiary/aromatic N) is 1. The zero-order valence-electron chi connectivity index (χ0n) is 13.3. The number of amides is 1. The summed E-state index contributed by atoms with van der Waals surface area (Å²) < 4.78 is 10.7. The molecule has 2 rings (SSSR count). The molecule has 0 atom stereocenters. The van der Waals surface area contributed by atoms with E-state index in [9.17, 15) is 4.79 Å². The van der Waals surface area contributed by atoms with Gasteiger partial charge in [-0.05, 0) is 35.9 Å². The predicted octanol–water partition coefficient (Wildman–Crippen LogP) is 3.64. The van der Waals surface area contributed by atoms with Crippen molar-refractivity contribution in [2.24, 2.45) is 0 Å². The van der Waals surface area contributed by atoms with E-state index in [1.807, 2.05) is 36.4 Å². The second kappa shape index (κ2) is 8.56. The number of carbonyl (C=O) groups is 1. The molecule has 2 aromatic carbocycles. The van der Waals surface area contributed by atoms with Crippen LogP contribution in [0.3, 0.4) is 0 Å². The van der Waals surface area contributed by atoms with Gasteiger partial charge in [-0.2, -0.15) is 0 Å². The number of benzene rings is 2. The van der Waals surface area contributed by atoms with Gasteiger partial charge in [0.25, 0.3) is 5.91 Å². The number of carbonyl (C=O) groups excluding carboxylic acids is 1. The SMILES string of the molecule is COCc1ccc(C(=O)N(C)CCOc2cccc(Cl)c2)cc1. The molecule has 0 saturated carbocycles. The van der Waals surface area contributed by atoms with E-state index in [1.54, 1.807) is 31.2 Å². The normalized spacial score (nSPS) is 10.4. The van der Waals surface area contributed by atoms with Crippen LogP contribution in [-0.2, 0) is 11.3 Å². The minimum atomic E-state index is -0.0383. The number of halogens is 1. The first-order chi connectivity index (χ1) is 11.1. The Morgan fingerprint density at radius 3 is 2.57 bits per heavy atom. The maximum Gasteiger partial charge on any atom is 0.253 e. The molecule has 122 valence electrons. The number of methoxy groups -OCH3 is 1. The van der Waals surface area contributed by atoms with Crippen molar-refractivity contribution in [2.45, 2.75) is 6.61 Å². The molecule has 0 fully saturated rings. The minimum absolute atomic E-state index is 0.0383. The second-order valence-corrected chi connectivity index (χ2v) is 5.60. The summed E-state index contributed by atoms with van der Waals surface area (Å²) in [5.74, 6) is 0.658. The molecule has 0 aliphatic heterocycles. The lowest BCUT2D eigenvalue weighted by molar-refractivity contribution is 0.0773. The zero-order valence-corrected chi connectivity index (χ0v) is 14.0. The number of likely N-dealkylation sites (N-methyl/N-ethyl adjacent to an activating group) is 1. The van der Waals surface area contributed by atoms with Crippen LogP contribution in [0.25, 0.3) is 0 Å². The van der Waals surface area contributed by atoms with Gasteiger partial charge in [0.2, 0.25) is 0 Å². The highest BCUT2D eigenvalue weighted by Gasteiger charge is 2.11. The molecule has 0 spiro atoms.